The summed E-state index contributed by atoms with van der Waals surface area (Å²) in [6, 6.07) is 3.86. The Balaban J connectivity index is 2.10. The second kappa shape index (κ2) is 4.37. The fourth-order valence-corrected chi connectivity index (χ4v) is 1.97. The Kier molecular flexibility index (Phi) is 3.10. The van der Waals surface area contributed by atoms with Gasteiger partial charge in [-0.1, -0.05) is 19.1 Å². The lowest BCUT2D eigenvalue weighted by Gasteiger charge is -2.10. The number of anilines is 1. The van der Waals surface area contributed by atoms with Crippen LogP contribution in [-0.2, 0) is 0 Å². The predicted molar refractivity (Wildman–Crippen MR) is 70.6 cm³/mol. The second-order valence-corrected chi connectivity index (χ2v) is 5.01. The van der Waals surface area contributed by atoms with Gasteiger partial charge in [0.1, 0.15) is 10.8 Å². The van der Waals surface area contributed by atoms with Crippen LogP contribution in [0.2, 0.25) is 0 Å². The van der Waals surface area contributed by atoms with Crippen molar-refractivity contribution in [1.82, 2.24) is 4.98 Å². The van der Waals surface area contributed by atoms with Crippen molar-refractivity contribution in [1.29, 1.82) is 0 Å². The van der Waals surface area contributed by atoms with E-state index in [9.17, 15) is 0 Å². The van der Waals surface area contributed by atoms with Crippen LogP contribution in [0.4, 0.5) is 5.82 Å². The highest BCUT2D eigenvalue weighted by Gasteiger charge is 2.32. The molecule has 1 aliphatic carbocycles. The minimum atomic E-state index is 0.402. The zero-order valence-corrected chi connectivity index (χ0v) is 10.5. The number of aryl methyl sites for hydroxylation is 1. The fraction of sp³-hybridized carbons (Fsp3) is 0.500. The number of nitrogens with zero attached hydrogens (tertiary/aromatic N) is 1. The lowest BCUT2D eigenvalue weighted by molar-refractivity contribution is 0.784. The average Bonchev–Trinajstić information content (AvgIpc) is 2.91. The lowest BCUT2D eigenvalue weighted by atomic mass is 10.2. The molecule has 2 unspecified atom stereocenters. The first-order valence-electron chi connectivity index (χ1n) is 5.59. The van der Waals surface area contributed by atoms with Crippen molar-refractivity contribution < 1.29 is 0 Å². The molecule has 1 aromatic rings. The van der Waals surface area contributed by atoms with E-state index in [1.165, 1.54) is 6.42 Å². The van der Waals surface area contributed by atoms with Gasteiger partial charge >= 0.3 is 0 Å². The Morgan fingerprint density at radius 2 is 2.31 bits per heavy atom. The molecular formula is C12H17N3S. The zero-order valence-electron chi connectivity index (χ0n) is 9.66. The summed E-state index contributed by atoms with van der Waals surface area (Å²) in [6.45, 7) is 5.20. The topological polar surface area (TPSA) is 50.9 Å². The molecule has 0 amide bonds. The number of hydrogen-bond acceptors (Lipinski definition) is 3. The molecule has 1 aromatic heterocycles. The largest absolute Gasteiger partial charge is 0.389 e. The highest BCUT2D eigenvalue weighted by Crippen LogP contribution is 2.37. The van der Waals surface area contributed by atoms with Gasteiger partial charge in [0.05, 0.1) is 5.56 Å². The van der Waals surface area contributed by atoms with Crippen LogP contribution in [0, 0.1) is 18.8 Å². The van der Waals surface area contributed by atoms with Crippen molar-refractivity contribution in [2.24, 2.45) is 17.6 Å². The van der Waals surface area contributed by atoms with Crippen molar-refractivity contribution in [2.75, 3.05) is 11.9 Å². The van der Waals surface area contributed by atoms with E-state index in [1.54, 1.807) is 0 Å². The number of nitrogens with two attached hydrogens (primary N) is 1. The number of thiocarbonyl (C=S) groups is 1. The third-order valence-corrected chi connectivity index (χ3v) is 3.33. The number of nitrogens with one attached hydrogen (secondary N) is 1. The molecule has 1 aliphatic rings. The molecule has 1 fully saturated rings. The molecule has 1 saturated carbocycles. The summed E-state index contributed by atoms with van der Waals surface area (Å²) < 4.78 is 0. The molecule has 2 atom stereocenters. The summed E-state index contributed by atoms with van der Waals surface area (Å²) in [5.41, 5.74) is 7.49. The number of hydrogen-bond donors (Lipinski definition) is 2. The molecule has 0 spiro atoms. The van der Waals surface area contributed by atoms with Gasteiger partial charge in [-0.15, -0.1) is 0 Å². The molecule has 0 bridgehead atoms. The number of aromatic nitrogens is 1. The molecule has 1 heterocycles. The van der Waals surface area contributed by atoms with Crippen LogP contribution in [0.5, 0.6) is 0 Å². The molecule has 16 heavy (non-hydrogen) atoms. The normalized spacial score (nSPS) is 22.9. The summed E-state index contributed by atoms with van der Waals surface area (Å²) >= 11 is 5.01. The van der Waals surface area contributed by atoms with Gasteiger partial charge in [-0.3, -0.25) is 0 Å². The van der Waals surface area contributed by atoms with Crippen LogP contribution in [0.15, 0.2) is 12.1 Å². The molecule has 3 N–H and O–H groups in total. The second-order valence-electron chi connectivity index (χ2n) is 4.57. The van der Waals surface area contributed by atoms with Crippen molar-refractivity contribution in [3.8, 4) is 0 Å². The summed E-state index contributed by atoms with van der Waals surface area (Å²) in [5, 5.41) is 3.35. The van der Waals surface area contributed by atoms with E-state index < -0.39 is 0 Å². The summed E-state index contributed by atoms with van der Waals surface area (Å²) in [6.07, 6.45) is 1.31. The Hall–Kier alpha value is -1.16. The van der Waals surface area contributed by atoms with Gasteiger partial charge in [-0.2, -0.15) is 0 Å². The van der Waals surface area contributed by atoms with Gasteiger partial charge < -0.3 is 11.1 Å². The average molecular weight is 235 g/mol. The summed E-state index contributed by atoms with van der Waals surface area (Å²) in [4.78, 5) is 4.84. The van der Waals surface area contributed by atoms with Crippen molar-refractivity contribution in [3.63, 3.8) is 0 Å². The molecule has 3 nitrogen and oxygen atoms in total. The summed E-state index contributed by atoms with van der Waals surface area (Å²) in [5.74, 6) is 2.44. The van der Waals surface area contributed by atoms with Gasteiger partial charge in [0, 0.05) is 12.2 Å². The van der Waals surface area contributed by atoms with E-state index in [1.807, 2.05) is 19.1 Å². The lowest BCUT2D eigenvalue weighted by Crippen LogP contribution is -2.16. The van der Waals surface area contributed by atoms with Crippen LogP contribution < -0.4 is 11.1 Å². The molecule has 86 valence electrons. The van der Waals surface area contributed by atoms with Crippen molar-refractivity contribution in [2.45, 2.75) is 20.3 Å². The van der Waals surface area contributed by atoms with Crippen LogP contribution in [0.1, 0.15) is 24.6 Å². The minimum Gasteiger partial charge on any atom is -0.389 e. The molecular weight excluding hydrogens is 218 g/mol. The fourth-order valence-electron chi connectivity index (χ4n) is 1.80. The molecule has 2 rings (SSSR count). The third-order valence-electron chi connectivity index (χ3n) is 3.11. The maximum Gasteiger partial charge on any atom is 0.136 e. The Morgan fingerprint density at radius 3 is 2.88 bits per heavy atom. The predicted octanol–water partition coefficient (Wildman–Crippen LogP) is 2.09. The highest BCUT2D eigenvalue weighted by atomic mass is 32.1. The SMILES string of the molecule is Cc1ccc(C(N)=S)c(NCC2CC2C)n1. The van der Waals surface area contributed by atoms with Gasteiger partial charge in [-0.25, -0.2) is 4.98 Å². The maximum absolute atomic E-state index is 5.67. The van der Waals surface area contributed by atoms with Crippen LogP contribution in [-0.4, -0.2) is 16.5 Å². The van der Waals surface area contributed by atoms with E-state index in [0.717, 1.165) is 35.5 Å². The maximum atomic E-state index is 5.67. The first kappa shape index (κ1) is 11.3. The first-order chi connectivity index (χ1) is 7.58. The van der Waals surface area contributed by atoms with Crippen LogP contribution in [0.25, 0.3) is 0 Å². The van der Waals surface area contributed by atoms with E-state index in [2.05, 4.69) is 17.2 Å². The Labute approximate surface area is 101 Å². The molecule has 0 saturated heterocycles. The van der Waals surface area contributed by atoms with E-state index in [-0.39, 0.29) is 0 Å². The van der Waals surface area contributed by atoms with E-state index in [0.29, 0.717) is 4.99 Å². The van der Waals surface area contributed by atoms with Gasteiger partial charge in [0.2, 0.25) is 0 Å². The van der Waals surface area contributed by atoms with E-state index >= 15 is 0 Å². The van der Waals surface area contributed by atoms with Gasteiger partial charge in [0.15, 0.2) is 0 Å². The van der Waals surface area contributed by atoms with Crippen molar-refractivity contribution >= 4 is 23.0 Å². The van der Waals surface area contributed by atoms with E-state index in [4.69, 9.17) is 18.0 Å². The van der Waals surface area contributed by atoms with Gasteiger partial charge in [0.25, 0.3) is 0 Å². The zero-order chi connectivity index (χ0) is 11.7. The number of pyridine rings is 1. The van der Waals surface area contributed by atoms with Crippen LogP contribution >= 0.6 is 12.2 Å². The Bertz CT molecular complexity index is 417. The quantitative estimate of drug-likeness (QED) is 0.785. The molecule has 0 aliphatic heterocycles. The van der Waals surface area contributed by atoms with Gasteiger partial charge in [-0.05, 0) is 37.3 Å². The molecule has 4 heteroatoms. The smallest absolute Gasteiger partial charge is 0.136 e. The minimum absolute atomic E-state index is 0.402. The first-order valence-corrected chi connectivity index (χ1v) is 6.00. The standard InChI is InChI=1S/C12H17N3S/c1-7-5-9(7)6-14-12-10(11(13)16)4-3-8(2)15-12/h3-4,7,9H,5-6H2,1-2H3,(H2,13,16)(H,14,15). The monoisotopic (exact) mass is 235 g/mol. The summed E-state index contributed by atoms with van der Waals surface area (Å²) in [7, 11) is 0. The molecule has 0 aromatic carbocycles. The van der Waals surface area contributed by atoms with Crippen LogP contribution in [0.3, 0.4) is 0 Å². The van der Waals surface area contributed by atoms with Crippen molar-refractivity contribution in [3.05, 3.63) is 23.4 Å². The third kappa shape index (κ3) is 2.50. The Morgan fingerprint density at radius 1 is 1.62 bits per heavy atom. The molecule has 0 radical (unpaired) electrons. The number of rotatable bonds is 4. The highest BCUT2D eigenvalue weighted by molar-refractivity contribution is 7.80.